The molecule has 0 spiro atoms. The minimum atomic E-state index is -0.342. The summed E-state index contributed by atoms with van der Waals surface area (Å²) in [6.07, 6.45) is 3.05. The standard InChI is InChI=1S/C6H4N4OS/c11-6-7-2-1-3-10(6)5-4-12-9-8-5/h1-4H. The Morgan fingerprint density at radius 1 is 1.50 bits per heavy atom. The highest BCUT2D eigenvalue weighted by molar-refractivity contribution is 7.03. The largest absolute Gasteiger partial charge is 0.353 e. The van der Waals surface area contributed by atoms with Gasteiger partial charge in [0.25, 0.3) is 0 Å². The van der Waals surface area contributed by atoms with Crippen molar-refractivity contribution in [3.8, 4) is 5.82 Å². The van der Waals surface area contributed by atoms with Gasteiger partial charge in [0.2, 0.25) is 0 Å². The molecule has 0 aliphatic rings. The van der Waals surface area contributed by atoms with Gasteiger partial charge in [0.15, 0.2) is 5.82 Å². The molecule has 6 heteroatoms. The predicted octanol–water partition coefficient (Wildman–Crippen LogP) is 0.0840. The molecule has 0 aromatic carbocycles. The average Bonchev–Trinajstić information content (AvgIpc) is 2.57. The molecule has 0 fully saturated rings. The van der Waals surface area contributed by atoms with Crippen molar-refractivity contribution in [1.82, 2.24) is 19.1 Å². The van der Waals surface area contributed by atoms with Crippen molar-refractivity contribution in [3.05, 3.63) is 34.3 Å². The van der Waals surface area contributed by atoms with Gasteiger partial charge in [0, 0.05) is 12.4 Å². The van der Waals surface area contributed by atoms with Crippen LogP contribution in [0.4, 0.5) is 0 Å². The Hall–Kier alpha value is -1.56. The first-order valence-electron chi connectivity index (χ1n) is 3.19. The van der Waals surface area contributed by atoms with Crippen LogP contribution >= 0.6 is 11.5 Å². The summed E-state index contributed by atoms with van der Waals surface area (Å²) in [7, 11) is 0. The number of aromatic nitrogens is 4. The Morgan fingerprint density at radius 3 is 3.08 bits per heavy atom. The average molecular weight is 180 g/mol. The third kappa shape index (κ3) is 1.12. The van der Waals surface area contributed by atoms with E-state index in [2.05, 4.69) is 14.6 Å². The molecule has 0 saturated carbocycles. The first kappa shape index (κ1) is 7.11. The lowest BCUT2D eigenvalue weighted by atomic mass is 10.6. The molecule has 0 N–H and O–H groups in total. The third-order valence-corrected chi connectivity index (χ3v) is 1.80. The summed E-state index contributed by atoms with van der Waals surface area (Å²) in [5, 5.41) is 5.42. The molecule has 0 atom stereocenters. The maximum absolute atomic E-state index is 11.1. The second kappa shape index (κ2) is 2.82. The van der Waals surface area contributed by atoms with Crippen molar-refractivity contribution in [2.45, 2.75) is 0 Å². The van der Waals surface area contributed by atoms with Crippen LogP contribution in [0.3, 0.4) is 0 Å². The van der Waals surface area contributed by atoms with Crippen LogP contribution in [0.15, 0.2) is 28.6 Å². The molecule has 0 amide bonds. The van der Waals surface area contributed by atoms with Gasteiger partial charge < -0.3 is 0 Å². The van der Waals surface area contributed by atoms with E-state index >= 15 is 0 Å². The van der Waals surface area contributed by atoms with Gasteiger partial charge in [-0.15, -0.1) is 5.10 Å². The summed E-state index contributed by atoms with van der Waals surface area (Å²) in [5.74, 6) is 0.512. The van der Waals surface area contributed by atoms with Gasteiger partial charge in [-0.1, -0.05) is 4.49 Å². The predicted molar refractivity (Wildman–Crippen MR) is 43.3 cm³/mol. The van der Waals surface area contributed by atoms with Gasteiger partial charge in [0.1, 0.15) is 0 Å². The van der Waals surface area contributed by atoms with E-state index in [-0.39, 0.29) is 5.69 Å². The van der Waals surface area contributed by atoms with Crippen molar-refractivity contribution in [1.29, 1.82) is 0 Å². The maximum Gasteiger partial charge on any atom is 0.353 e. The first-order valence-corrected chi connectivity index (χ1v) is 4.03. The summed E-state index contributed by atoms with van der Waals surface area (Å²) < 4.78 is 4.98. The molecule has 12 heavy (non-hydrogen) atoms. The fraction of sp³-hybridized carbons (Fsp3) is 0. The Balaban J connectivity index is 2.63. The number of rotatable bonds is 1. The van der Waals surface area contributed by atoms with E-state index in [0.717, 1.165) is 0 Å². The summed E-state index contributed by atoms with van der Waals surface area (Å²) >= 11 is 1.19. The van der Waals surface area contributed by atoms with Gasteiger partial charge in [0.05, 0.1) is 5.38 Å². The van der Waals surface area contributed by atoms with Crippen molar-refractivity contribution >= 4 is 11.5 Å². The highest BCUT2D eigenvalue weighted by Gasteiger charge is 2.00. The number of nitrogens with zero attached hydrogens (tertiary/aromatic N) is 4. The second-order valence-electron chi connectivity index (χ2n) is 2.04. The lowest BCUT2D eigenvalue weighted by Crippen LogP contribution is -2.19. The van der Waals surface area contributed by atoms with Gasteiger partial charge >= 0.3 is 5.69 Å². The van der Waals surface area contributed by atoms with E-state index in [1.807, 2.05) is 0 Å². The number of hydrogen-bond acceptors (Lipinski definition) is 5. The molecule has 2 aromatic heterocycles. The molecular formula is C6H4N4OS. The Bertz CT molecular complexity index is 421. The molecule has 60 valence electrons. The van der Waals surface area contributed by atoms with Crippen LogP contribution in [0.25, 0.3) is 5.82 Å². The van der Waals surface area contributed by atoms with Gasteiger partial charge in [-0.2, -0.15) is 0 Å². The van der Waals surface area contributed by atoms with Crippen molar-refractivity contribution in [3.63, 3.8) is 0 Å². The molecule has 2 heterocycles. The van der Waals surface area contributed by atoms with E-state index in [1.165, 1.54) is 22.3 Å². The number of hydrogen-bond donors (Lipinski definition) is 0. The van der Waals surface area contributed by atoms with E-state index in [1.54, 1.807) is 17.6 Å². The Labute approximate surface area is 71.5 Å². The molecule has 0 bridgehead atoms. The van der Waals surface area contributed by atoms with Gasteiger partial charge in [-0.3, -0.25) is 0 Å². The highest BCUT2D eigenvalue weighted by atomic mass is 32.1. The Kier molecular flexibility index (Phi) is 1.67. The first-order chi connectivity index (χ1) is 5.88. The highest BCUT2D eigenvalue weighted by Crippen LogP contribution is 1.99. The lowest BCUT2D eigenvalue weighted by molar-refractivity contribution is 0.871. The SMILES string of the molecule is O=c1ncccn1-c1csnn1. The molecule has 5 nitrogen and oxygen atoms in total. The van der Waals surface area contributed by atoms with Crippen LogP contribution in [0.2, 0.25) is 0 Å². The molecular weight excluding hydrogens is 176 g/mol. The van der Waals surface area contributed by atoms with Crippen molar-refractivity contribution < 1.29 is 0 Å². The molecule has 0 aliphatic carbocycles. The zero-order chi connectivity index (χ0) is 8.39. The normalized spacial score (nSPS) is 10.0. The molecule has 2 rings (SSSR count). The van der Waals surface area contributed by atoms with Crippen molar-refractivity contribution in [2.75, 3.05) is 0 Å². The van der Waals surface area contributed by atoms with E-state index in [4.69, 9.17) is 0 Å². The van der Waals surface area contributed by atoms with Crippen molar-refractivity contribution in [2.24, 2.45) is 0 Å². The van der Waals surface area contributed by atoms with Crippen LogP contribution in [0.5, 0.6) is 0 Å². The summed E-state index contributed by atoms with van der Waals surface area (Å²) in [6, 6.07) is 1.67. The minimum absolute atomic E-state index is 0.342. The smallest absolute Gasteiger partial charge is 0.249 e. The fourth-order valence-corrected chi connectivity index (χ4v) is 1.23. The third-order valence-electron chi connectivity index (χ3n) is 1.31. The molecule has 0 radical (unpaired) electrons. The van der Waals surface area contributed by atoms with Gasteiger partial charge in [-0.25, -0.2) is 14.3 Å². The molecule has 0 unspecified atom stereocenters. The topological polar surface area (TPSA) is 60.7 Å². The zero-order valence-corrected chi connectivity index (χ0v) is 6.73. The zero-order valence-electron chi connectivity index (χ0n) is 5.91. The molecule has 2 aromatic rings. The second-order valence-corrected chi connectivity index (χ2v) is 2.65. The van der Waals surface area contributed by atoms with Crippen LogP contribution in [-0.4, -0.2) is 19.1 Å². The fourth-order valence-electron chi connectivity index (χ4n) is 0.796. The molecule has 0 saturated heterocycles. The van der Waals surface area contributed by atoms with Crippen LogP contribution in [-0.2, 0) is 0 Å². The van der Waals surface area contributed by atoms with Gasteiger partial charge in [-0.05, 0) is 17.6 Å². The monoisotopic (exact) mass is 180 g/mol. The van der Waals surface area contributed by atoms with E-state index in [9.17, 15) is 4.79 Å². The quantitative estimate of drug-likeness (QED) is 0.623. The van der Waals surface area contributed by atoms with Crippen LogP contribution in [0.1, 0.15) is 0 Å². The Morgan fingerprint density at radius 2 is 2.42 bits per heavy atom. The van der Waals surface area contributed by atoms with Crippen LogP contribution < -0.4 is 5.69 Å². The summed E-state index contributed by atoms with van der Waals surface area (Å²) in [5.41, 5.74) is -0.342. The summed E-state index contributed by atoms with van der Waals surface area (Å²) in [4.78, 5) is 14.7. The van der Waals surface area contributed by atoms with E-state index < -0.39 is 0 Å². The van der Waals surface area contributed by atoms with Crippen LogP contribution in [0, 0.1) is 0 Å². The minimum Gasteiger partial charge on any atom is -0.249 e. The summed E-state index contributed by atoms with van der Waals surface area (Å²) in [6.45, 7) is 0. The van der Waals surface area contributed by atoms with E-state index in [0.29, 0.717) is 5.82 Å². The lowest BCUT2D eigenvalue weighted by Gasteiger charge is -1.95. The molecule has 0 aliphatic heterocycles. The maximum atomic E-state index is 11.1.